The molecule has 0 saturated carbocycles. The van der Waals surface area contributed by atoms with Gasteiger partial charge in [-0.3, -0.25) is 0 Å². The third-order valence-corrected chi connectivity index (χ3v) is 3.41. The summed E-state index contributed by atoms with van der Waals surface area (Å²) in [6.07, 6.45) is 2.62. The van der Waals surface area contributed by atoms with Crippen LogP contribution in [0.5, 0.6) is 0 Å². The lowest BCUT2D eigenvalue weighted by atomic mass is 10.0. The first-order valence-electron chi connectivity index (χ1n) is 6.69. The molecule has 0 bridgehead atoms. The second kappa shape index (κ2) is 6.88. The van der Waals surface area contributed by atoms with Crippen molar-refractivity contribution in [2.75, 3.05) is 13.7 Å². The molecule has 1 aromatic rings. The Hall–Kier alpha value is -0.900. The average Bonchev–Trinajstić information content (AvgIpc) is 2.38. The van der Waals surface area contributed by atoms with Gasteiger partial charge < -0.3 is 14.8 Å². The standard InChI is InChI=1S/C15H23NO2/c1-12-9-15(7-8-18-12)16-10-13-3-5-14(6-4-13)11-17-2/h3-6,12,15-16H,7-11H2,1-2H3. The zero-order valence-electron chi connectivity index (χ0n) is 11.3. The minimum atomic E-state index is 0.389. The Labute approximate surface area is 109 Å². The molecular formula is C15H23NO2. The molecule has 0 radical (unpaired) electrons. The summed E-state index contributed by atoms with van der Waals surface area (Å²) >= 11 is 0. The van der Waals surface area contributed by atoms with Crippen molar-refractivity contribution in [3.8, 4) is 0 Å². The highest BCUT2D eigenvalue weighted by Crippen LogP contribution is 2.14. The molecule has 18 heavy (non-hydrogen) atoms. The molecule has 100 valence electrons. The average molecular weight is 249 g/mol. The lowest BCUT2D eigenvalue weighted by Crippen LogP contribution is -2.37. The van der Waals surface area contributed by atoms with E-state index in [0.29, 0.717) is 18.8 Å². The number of nitrogens with one attached hydrogen (secondary N) is 1. The van der Waals surface area contributed by atoms with Crippen molar-refractivity contribution in [2.45, 2.75) is 45.1 Å². The van der Waals surface area contributed by atoms with Gasteiger partial charge in [-0.2, -0.15) is 0 Å². The zero-order valence-corrected chi connectivity index (χ0v) is 11.3. The highest BCUT2D eigenvalue weighted by Gasteiger charge is 2.18. The maximum Gasteiger partial charge on any atom is 0.0713 e. The number of benzene rings is 1. The van der Waals surface area contributed by atoms with Crippen molar-refractivity contribution in [1.82, 2.24) is 5.32 Å². The first kappa shape index (κ1) is 13.5. The second-order valence-electron chi connectivity index (χ2n) is 5.03. The molecule has 3 nitrogen and oxygen atoms in total. The van der Waals surface area contributed by atoms with Gasteiger partial charge in [0.1, 0.15) is 0 Å². The molecular weight excluding hydrogens is 226 g/mol. The van der Waals surface area contributed by atoms with E-state index in [9.17, 15) is 0 Å². The van der Waals surface area contributed by atoms with Crippen LogP contribution < -0.4 is 5.32 Å². The number of ether oxygens (including phenoxy) is 2. The maximum absolute atomic E-state index is 5.55. The van der Waals surface area contributed by atoms with Crippen molar-refractivity contribution in [2.24, 2.45) is 0 Å². The van der Waals surface area contributed by atoms with E-state index in [4.69, 9.17) is 9.47 Å². The maximum atomic E-state index is 5.55. The van der Waals surface area contributed by atoms with Crippen LogP contribution in [-0.2, 0) is 22.6 Å². The van der Waals surface area contributed by atoms with E-state index in [0.717, 1.165) is 26.0 Å². The Bertz CT molecular complexity index is 350. The smallest absolute Gasteiger partial charge is 0.0713 e. The van der Waals surface area contributed by atoms with Crippen LogP contribution in [0.4, 0.5) is 0 Å². The van der Waals surface area contributed by atoms with Crippen LogP contribution in [0, 0.1) is 0 Å². The third kappa shape index (κ3) is 4.09. The number of rotatable bonds is 5. The van der Waals surface area contributed by atoms with Crippen LogP contribution in [0.25, 0.3) is 0 Å². The Morgan fingerprint density at radius 3 is 2.67 bits per heavy atom. The highest BCUT2D eigenvalue weighted by atomic mass is 16.5. The molecule has 1 saturated heterocycles. The molecule has 0 spiro atoms. The molecule has 1 fully saturated rings. The molecule has 0 aliphatic carbocycles. The van der Waals surface area contributed by atoms with Crippen molar-refractivity contribution < 1.29 is 9.47 Å². The Morgan fingerprint density at radius 1 is 1.28 bits per heavy atom. The van der Waals surface area contributed by atoms with Crippen molar-refractivity contribution in [3.05, 3.63) is 35.4 Å². The van der Waals surface area contributed by atoms with Gasteiger partial charge in [0.2, 0.25) is 0 Å². The minimum absolute atomic E-state index is 0.389. The molecule has 0 aromatic heterocycles. The zero-order chi connectivity index (χ0) is 12.8. The molecule has 2 unspecified atom stereocenters. The lowest BCUT2D eigenvalue weighted by molar-refractivity contribution is 0.0130. The number of methoxy groups -OCH3 is 1. The van der Waals surface area contributed by atoms with Gasteiger partial charge >= 0.3 is 0 Å². The lowest BCUT2D eigenvalue weighted by Gasteiger charge is -2.28. The van der Waals surface area contributed by atoms with Crippen LogP contribution in [0.15, 0.2) is 24.3 Å². The van der Waals surface area contributed by atoms with Crippen molar-refractivity contribution in [1.29, 1.82) is 0 Å². The summed E-state index contributed by atoms with van der Waals surface area (Å²) in [5.41, 5.74) is 2.55. The van der Waals surface area contributed by atoms with Gasteiger partial charge in [-0.15, -0.1) is 0 Å². The summed E-state index contributed by atoms with van der Waals surface area (Å²) in [7, 11) is 1.72. The fourth-order valence-electron chi connectivity index (χ4n) is 2.37. The van der Waals surface area contributed by atoms with Gasteiger partial charge in [-0.1, -0.05) is 24.3 Å². The first-order valence-corrected chi connectivity index (χ1v) is 6.69. The van der Waals surface area contributed by atoms with E-state index >= 15 is 0 Å². The predicted octanol–water partition coefficient (Wildman–Crippen LogP) is 2.49. The van der Waals surface area contributed by atoms with E-state index in [-0.39, 0.29) is 0 Å². The van der Waals surface area contributed by atoms with Crippen LogP contribution in [-0.4, -0.2) is 25.9 Å². The number of hydrogen-bond acceptors (Lipinski definition) is 3. The molecule has 1 aliphatic heterocycles. The molecule has 1 heterocycles. The van der Waals surface area contributed by atoms with Gasteiger partial charge in [0.15, 0.2) is 0 Å². The van der Waals surface area contributed by atoms with Crippen molar-refractivity contribution >= 4 is 0 Å². The Kier molecular flexibility index (Phi) is 5.17. The Balaban J connectivity index is 1.78. The van der Waals surface area contributed by atoms with E-state index < -0.39 is 0 Å². The largest absolute Gasteiger partial charge is 0.380 e. The third-order valence-electron chi connectivity index (χ3n) is 3.41. The first-order chi connectivity index (χ1) is 8.78. The Morgan fingerprint density at radius 2 is 2.00 bits per heavy atom. The SMILES string of the molecule is COCc1ccc(CNC2CCOC(C)C2)cc1. The van der Waals surface area contributed by atoms with E-state index in [1.165, 1.54) is 11.1 Å². The fraction of sp³-hybridized carbons (Fsp3) is 0.600. The summed E-state index contributed by atoms with van der Waals surface area (Å²) in [5.74, 6) is 0. The molecule has 2 rings (SSSR count). The molecule has 1 N–H and O–H groups in total. The van der Waals surface area contributed by atoms with Gasteiger partial charge in [0.05, 0.1) is 12.7 Å². The van der Waals surface area contributed by atoms with Gasteiger partial charge in [0, 0.05) is 26.3 Å². The second-order valence-corrected chi connectivity index (χ2v) is 5.03. The molecule has 1 aliphatic rings. The van der Waals surface area contributed by atoms with Gasteiger partial charge in [0.25, 0.3) is 0 Å². The van der Waals surface area contributed by atoms with Crippen LogP contribution in [0.2, 0.25) is 0 Å². The summed E-state index contributed by atoms with van der Waals surface area (Å²) in [5, 5.41) is 3.61. The van der Waals surface area contributed by atoms with E-state index in [2.05, 4.69) is 36.5 Å². The topological polar surface area (TPSA) is 30.5 Å². The highest BCUT2D eigenvalue weighted by molar-refractivity contribution is 5.22. The summed E-state index contributed by atoms with van der Waals surface area (Å²) < 4.78 is 10.7. The van der Waals surface area contributed by atoms with Gasteiger partial charge in [-0.05, 0) is 30.9 Å². The molecule has 2 atom stereocenters. The summed E-state index contributed by atoms with van der Waals surface area (Å²) in [4.78, 5) is 0. The van der Waals surface area contributed by atoms with Crippen LogP contribution in [0.1, 0.15) is 30.9 Å². The minimum Gasteiger partial charge on any atom is -0.380 e. The molecule has 0 amide bonds. The summed E-state index contributed by atoms with van der Waals surface area (Å²) in [6.45, 7) is 4.65. The predicted molar refractivity (Wildman–Crippen MR) is 72.4 cm³/mol. The van der Waals surface area contributed by atoms with Crippen molar-refractivity contribution in [3.63, 3.8) is 0 Å². The molecule has 1 aromatic carbocycles. The van der Waals surface area contributed by atoms with Crippen LogP contribution >= 0.6 is 0 Å². The van der Waals surface area contributed by atoms with Crippen LogP contribution in [0.3, 0.4) is 0 Å². The monoisotopic (exact) mass is 249 g/mol. The molecule has 3 heteroatoms. The normalized spacial score (nSPS) is 24.1. The summed E-state index contributed by atoms with van der Waals surface area (Å²) in [6, 6.07) is 9.20. The van der Waals surface area contributed by atoms with Gasteiger partial charge in [-0.25, -0.2) is 0 Å². The van der Waals surface area contributed by atoms with E-state index in [1.807, 2.05) is 0 Å². The fourth-order valence-corrected chi connectivity index (χ4v) is 2.37. The quantitative estimate of drug-likeness (QED) is 0.869. The van der Waals surface area contributed by atoms with E-state index in [1.54, 1.807) is 7.11 Å². The number of hydrogen-bond donors (Lipinski definition) is 1.